The van der Waals surface area contributed by atoms with Crippen LogP contribution >= 0.6 is 15.6 Å². The Morgan fingerprint density at radius 2 is 1.00 bits per heavy atom. The first-order chi connectivity index (χ1) is 7.06. The van der Waals surface area contributed by atoms with Crippen molar-refractivity contribution < 1.29 is 48.1 Å². The molecule has 0 spiro atoms. The summed E-state index contributed by atoms with van der Waals surface area (Å²) in [6.07, 6.45) is 0. The zero-order chi connectivity index (χ0) is 14.9. The molecule has 0 aromatic carbocycles. The van der Waals surface area contributed by atoms with Gasteiger partial charge in [0.05, 0.1) is 27.7 Å². The molecule has 0 unspecified atom stereocenters. The zero-order valence-electron chi connectivity index (χ0n) is 9.70. The van der Waals surface area contributed by atoms with E-state index in [0.29, 0.717) is 0 Å². The number of aliphatic hydroxyl groups is 1. The Labute approximate surface area is 98.8 Å². The zero-order valence-corrected chi connectivity index (χ0v) is 11.5. The highest BCUT2D eigenvalue weighted by atomic mass is 31.2. The minimum absolute atomic E-state index is 0.281. The molecular weight excluding hydrogens is 280 g/mol. The van der Waals surface area contributed by atoms with E-state index in [0.717, 1.165) is 11.0 Å². The Kier molecular flexibility index (Phi) is 12.0. The molecule has 17 heavy (non-hydrogen) atoms. The third-order valence-electron chi connectivity index (χ3n) is 0.771. The number of rotatable bonds is 2. The molecule has 0 heterocycles. The van der Waals surface area contributed by atoms with E-state index >= 15 is 0 Å². The van der Waals surface area contributed by atoms with Crippen molar-refractivity contribution in [2.24, 2.45) is 0 Å². The molecule has 0 fully saturated rings. The van der Waals surface area contributed by atoms with Crippen molar-refractivity contribution >= 4 is 15.6 Å². The van der Waals surface area contributed by atoms with Crippen LogP contribution in [0.4, 0.5) is 0 Å². The Morgan fingerprint density at radius 1 is 0.824 bits per heavy atom. The van der Waals surface area contributed by atoms with Gasteiger partial charge in [0.15, 0.2) is 0 Å². The van der Waals surface area contributed by atoms with Crippen LogP contribution in [-0.2, 0) is 9.13 Å². The van der Waals surface area contributed by atoms with E-state index in [1.54, 1.807) is 0 Å². The molecule has 12 heteroatoms. The molecule has 7 N–H and O–H groups in total. The number of quaternary nitrogens is 1. The van der Waals surface area contributed by atoms with Gasteiger partial charge in [-0.3, -0.25) is 0 Å². The highest BCUT2D eigenvalue weighted by molar-refractivity contribution is 7.45. The van der Waals surface area contributed by atoms with E-state index in [9.17, 15) is 0 Å². The molecule has 0 radical (unpaired) electrons. The SMILES string of the molecule is C[N+](C)(C)CCO.O=P(O)(O)O.O=P(O)(O)O. The highest BCUT2D eigenvalue weighted by Crippen LogP contribution is 2.26. The first-order valence-electron chi connectivity index (χ1n) is 4.04. The minimum atomic E-state index is -4.64. The first kappa shape index (κ1) is 22.3. The van der Waals surface area contributed by atoms with E-state index in [-0.39, 0.29) is 6.61 Å². The predicted molar refractivity (Wildman–Crippen MR) is 58.5 cm³/mol. The second kappa shape index (κ2) is 9.12. The van der Waals surface area contributed by atoms with Crippen LogP contribution in [0.3, 0.4) is 0 Å². The maximum atomic E-state index is 8.88. The van der Waals surface area contributed by atoms with Crippen LogP contribution in [0.25, 0.3) is 0 Å². The van der Waals surface area contributed by atoms with Gasteiger partial charge in [-0.25, -0.2) is 9.13 Å². The van der Waals surface area contributed by atoms with E-state index in [1.807, 2.05) is 0 Å². The van der Waals surface area contributed by atoms with Gasteiger partial charge in [-0.1, -0.05) is 0 Å². The van der Waals surface area contributed by atoms with Gasteiger partial charge in [0, 0.05) is 0 Å². The van der Waals surface area contributed by atoms with Crippen molar-refractivity contribution in [1.29, 1.82) is 0 Å². The number of hydrogen-bond donors (Lipinski definition) is 7. The summed E-state index contributed by atoms with van der Waals surface area (Å²) >= 11 is 0. The lowest BCUT2D eigenvalue weighted by Crippen LogP contribution is -2.36. The monoisotopic (exact) mass is 300 g/mol. The van der Waals surface area contributed by atoms with Gasteiger partial charge in [0.25, 0.3) is 0 Å². The average Bonchev–Trinajstić information content (AvgIpc) is 1.73. The van der Waals surface area contributed by atoms with Gasteiger partial charge in [0.2, 0.25) is 0 Å². The van der Waals surface area contributed by atoms with Gasteiger partial charge in [-0.2, -0.15) is 0 Å². The highest BCUT2D eigenvalue weighted by Gasteiger charge is 2.02. The van der Waals surface area contributed by atoms with Crippen molar-refractivity contribution in [3.05, 3.63) is 0 Å². The maximum absolute atomic E-state index is 8.88. The fourth-order valence-electron chi connectivity index (χ4n) is 0.300. The smallest absolute Gasteiger partial charge is 0.391 e. The van der Waals surface area contributed by atoms with E-state index in [2.05, 4.69) is 21.1 Å². The quantitative estimate of drug-likeness (QED) is 0.221. The van der Waals surface area contributed by atoms with Crippen molar-refractivity contribution in [3.8, 4) is 0 Å². The fourth-order valence-corrected chi connectivity index (χ4v) is 0.300. The molecule has 0 saturated carbocycles. The Morgan fingerprint density at radius 3 is 1.00 bits per heavy atom. The number of hydrogen-bond acceptors (Lipinski definition) is 3. The third kappa shape index (κ3) is 188. The summed E-state index contributed by atoms with van der Waals surface area (Å²) in [6.45, 7) is 1.11. The Bertz CT molecular complexity index is 227. The molecular formula is C5H20NO9P2+. The van der Waals surface area contributed by atoms with Gasteiger partial charge < -0.3 is 39.0 Å². The van der Waals surface area contributed by atoms with E-state index in [4.69, 9.17) is 43.6 Å². The number of likely N-dealkylation sites (N-methyl/N-ethyl adjacent to an activating group) is 1. The summed E-state index contributed by atoms with van der Waals surface area (Å²) in [5.41, 5.74) is 0. The average molecular weight is 300 g/mol. The first-order valence-corrected chi connectivity index (χ1v) is 7.17. The molecule has 0 aromatic rings. The Hall–Kier alpha value is 0.140. The molecule has 0 amide bonds. The van der Waals surface area contributed by atoms with Gasteiger partial charge in [-0.05, 0) is 0 Å². The van der Waals surface area contributed by atoms with Gasteiger partial charge in [-0.15, -0.1) is 0 Å². The second-order valence-electron chi connectivity index (χ2n) is 3.76. The molecule has 0 aliphatic rings. The number of nitrogens with zero attached hydrogens (tertiary/aromatic N) is 1. The van der Waals surface area contributed by atoms with Crippen molar-refractivity contribution in [2.45, 2.75) is 0 Å². The lowest BCUT2D eigenvalue weighted by molar-refractivity contribution is -0.870. The van der Waals surface area contributed by atoms with Gasteiger partial charge in [0.1, 0.15) is 6.54 Å². The van der Waals surface area contributed by atoms with Crippen LogP contribution in [0.15, 0.2) is 0 Å². The summed E-state index contributed by atoms with van der Waals surface area (Å²) in [5, 5.41) is 8.39. The molecule has 0 atom stereocenters. The normalized spacial score (nSPS) is 11.9. The van der Waals surface area contributed by atoms with E-state index in [1.165, 1.54) is 0 Å². The summed E-state index contributed by atoms with van der Waals surface area (Å²) < 4.78 is 18.6. The number of aliphatic hydroxyl groups excluding tert-OH is 1. The molecule has 0 rings (SSSR count). The molecule has 10 nitrogen and oxygen atoms in total. The fraction of sp³-hybridized carbons (Fsp3) is 1.00. The van der Waals surface area contributed by atoms with Crippen LogP contribution in [-0.4, -0.2) is 73.2 Å². The molecule has 0 aliphatic carbocycles. The third-order valence-corrected chi connectivity index (χ3v) is 0.771. The summed E-state index contributed by atoms with van der Waals surface area (Å²) in [4.78, 5) is 43.1. The van der Waals surface area contributed by atoms with Crippen LogP contribution in [0.2, 0.25) is 0 Å². The second-order valence-corrected chi connectivity index (χ2v) is 5.82. The lowest BCUT2D eigenvalue weighted by atomic mass is 10.5. The van der Waals surface area contributed by atoms with Crippen molar-refractivity contribution in [2.75, 3.05) is 34.3 Å². The Balaban J connectivity index is -0.000000177. The predicted octanol–water partition coefficient (Wildman–Crippen LogP) is -2.17. The van der Waals surface area contributed by atoms with Gasteiger partial charge >= 0.3 is 15.6 Å². The lowest BCUT2D eigenvalue weighted by Gasteiger charge is -2.21. The molecule has 0 saturated heterocycles. The molecule has 0 bridgehead atoms. The number of phosphoric acid groups is 2. The molecule has 0 aliphatic heterocycles. The standard InChI is InChI=1S/C5H14NO.2H3O4P/c1-6(2,3)4-5-7;2*1-5(2,3)4/h7H,4-5H2,1-3H3;2*(H3,1,2,3,4)/q+1;;. The van der Waals surface area contributed by atoms with Crippen LogP contribution < -0.4 is 0 Å². The van der Waals surface area contributed by atoms with E-state index < -0.39 is 15.6 Å². The molecule has 0 aromatic heterocycles. The largest absolute Gasteiger partial charge is 0.466 e. The van der Waals surface area contributed by atoms with Crippen molar-refractivity contribution in [3.63, 3.8) is 0 Å². The topological polar surface area (TPSA) is 176 Å². The maximum Gasteiger partial charge on any atom is 0.466 e. The van der Waals surface area contributed by atoms with Crippen LogP contribution in [0, 0.1) is 0 Å². The molecule has 108 valence electrons. The summed E-state index contributed by atoms with van der Waals surface area (Å²) in [5.74, 6) is 0. The minimum Gasteiger partial charge on any atom is -0.391 e. The summed E-state index contributed by atoms with van der Waals surface area (Å²) in [7, 11) is -3.12. The van der Waals surface area contributed by atoms with Crippen LogP contribution in [0.5, 0.6) is 0 Å². The summed E-state index contributed by atoms with van der Waals surface area (Å²) in [6, 6.07) is 0. The van der Waals surface area contributed by atoms with Crippen LogP contribution in [0.1, 0.15) is 0 Å². The van der Waals surface area contributed by atoms with Crippen molar-refractivity contribution in [1.82, 2.24) is 0 Å².